The van der Waals surface area contributed by atoms with Crippen LogP contribution in [0.4, 0.5) is 0 Å². The van der Waals surface area contributed by atoms with Gasteiger partial charge in [-0.15, -0.1) is 0 Å². The van der Waals surface area contributed by atoms with E-state index in [-0.39, 0.29) is 0 Å². The summed E-state index contributed by atoms with van der Waals surface area (Å²) in [5, 5.41) is 0. The Morgan fingerprint density at radius 3 is 2.33 bits per heavy atom. The van der Waals surface area contributed by atoms with Crippen molar-refractivity contribution < 1.29 is 0 Å². The quantitative estimate of drug-likeness (QED) is 0.791. The highest BCUT2D eigenvalue weighted by Crippen LogP contribution is 2.29. The van der Waals surface area contributed by atoms with Crippen LogP contribution in [0.1, 0.15) is 57.3 Å². The molecule has 0 saturated heterocycles. The molecule has 1 aliphatic rings. The fraction of sp³-hybridized carbons (Fsp3) is 0.750. The molecule has 0 aliphatic heterocycles. The van der Waals surface area contributed by atoms with Gasteiger partial charge in [0, 0.05) is 17.4 Å². The second-order valence-corrected chi connectivity index (χ2v) is 6.29. The Bertz CT molecular complexity index is 359. The van der Waals surface area contributed by atoms with Crippen molar-refractivity contribution in [1.82, 2.24) is 4.68 Å². The van der Waals surface area contributed by atoms with Gasteiger partial charge in [-0.3, -0.25) is 4.68 Å². The van der Waals surface area contributed by atoms with Gasteiger partial charge in [-0.1, -0.05) is 26.7 Å². The van der Waals surface area contributed by atoms with Crippen LogP contribution in [-0.2, 0) is 0 Å². The van der Waals surface area contributed by atoms with Crippen LogP contribution >= 0.6 is 0 Å². The Kier molecular flexibility index (Phi) is 4.36. The zero-order valence-corrected chi connectivity index (χ0v) is 12.4. The minimum Gasteiger partial charge on any atom is -0.323 e. The monoisotopic (exact) mass is 248 g/mol. The number of aryl methyl sites for hydroxylation is 2. The van der Waals surface area contributed by atoms with E-state index in [9.17, 15) is 0 Å². The zero-order chi connectivity index (χ0) is 13.1. The molecule has 2 heteroatoms. The lowest BCUT2D eigenvalue weighted by Crippen LogP contribution is -2.29. The summed E-state index contributed by atoms with van der Waals surface area (Å²) in [5.74, 6) is 1.78. The number of hydrogen-bond donors (Lipinski definition) is 1. The molecule has 102 valence electrons. The first-order chi connectivity index (χ1) is 8.58. The number of rotatable bonds is 3. The minimum absolute atomic E-state index is 0.651. The second-order valence-electron chi connectivity index (χ2n) is 6.29. The van der Waals surface area contributed by atoms with Crippen LogP contribution in [0.5, 0.6) is 0 Å². The maximum Gasteiger partial charge on any atom is 0.0424 e. The molecule has 1 heterocycles. The highest BCUT2D eigenvalue weighted by Gasteiger charge is 2.21. The summed E-state index contributed by atoms with van der Waals surface area (Å²) >= 11 is 0. The predicted molar refractivity (Wildman–Crippen MR) is 78.5 cm³/mol. The normalized spacial score (nSPS) is 25.2. The smallest absolute Gasteiger partial charge is 0.0424 e. The average Bonchev–Trinajstić information content (AvgIpc) is 2.57. The lowest BCUT2D eigenvalue weighted by atomic mass is 9.89. The van der Waals surface area contributed by atoms with Gasteiger partial charge in [-0.25, -0.2) is 0 Å². The van der Waals surface area contributed by atoms with Crippen molar-refractivity contribution in [3.05, 3.63) is 23.5 Å². The Morgan fingerprint density at radius 1 is 1.06 bits per heavy atom. The molecule has 0 aromatic carbocycles. The van der Waals surface area contributed by atoms with Crippen LogP contribution < -0.4 is 5.43 Å². The summed E-state index contributed by atoms with van der Waals surface area (Å²) in [6, 6.07) is 5.03. The molecule has 1 saturated carbocycles. The van der Waals surface area contributed by atoms with E-state index in [1.165, 1.54) is 43.5 Å². The van der Waals surface area contributed by atoms with Crippen molar-refractivity contribution in [1.29, 1.82) is 0 Å². The van der Waals surface area contributed by atoms with Gasteiger partial charge in [0.1, 0.15) is 0 Å². The van der Waals surface area contributed by atoms with E-state index in [1.807, 2.05) is 0 Å². The minimum atomic E-state index is 0.651. The fourth-order valence-corrected chi connectivity index (χ4v) is 3.18. The van der Waals surface area contributed by atoms with Crippen LogP contribution in [-0.4, -0.2) is 10.7 Å². The summed E-state index contributed by atoms with van der Waals surface area (Å²) in [6.07, 6.45) is 6.81. The molecule has 0 amide bonds. The molecule has 1 fully saturated rings. The largest absolute Gasteiger partial charge is 0.323 e. The molecule has 1 aliphatic carbocycles. The molecule has 1 N–H and O–H groups in total. The molecule has 2 nitrogen and oxygen atoms in total. The van der Waals surface area contributed by atoms with Gasteiger partial charge in [0.25, 0.3) is 0 Å². The third kappa shape index (κ3) is 3.09. The first-order valence-corrected chi connectivity index (χ1v) is 7.49. The van der Waals surface area contributed by atoms with Crippen molar-refractivity contribution in [2.75, 3.05) is 5.43 Å². The van der Waals surface area contributed by atoms with Crippen LogP contribution in [0.2, 0.25) is 0 Å². The Morgan fingerprint density at radius 2 is 1.72 bits per heavy atom. The number of aromatic nitrogens is 1. The highest BCUT2D eigenvalue weighted by atomic mass is 15.4. The van der Waals surface area contributed by atoms with E-state index in [0.717, 1.165) is 11.8 Å². The third-order valence-electron chi connectivity index (χ3n) is 4.54. The molecule has 0 spiro atoms. The van der Waals surface area contributed by atoms with E-state index in [2.05, 4.69) is 49.9 Å². The molecular weight excluding hydrogens is 220 g/mol. The van der Waals surface area contributed by atoms with E-state index >= 15 is 0 Å². The number of nitrogens with zero attached hydrogens (tertiary/aromatic N) is 1. The zero-order valence-electron chi connectivity index (χ0n) is 12.4. The second kappa shape index (κ2) is 5.81. The van der Waals surface area contributed by atoms with E-state index in [1.54, 1.807) is 0 Å². The van der Waals surface area contributed by atoms with Gasteiger partial charge in [0.2, 0.25) is 0 Å². The van der Waals surface area contributed by atoms with Crippen LogP contribution in [0.3, 0.4) is 0 Å². The van der Waals surface area contributed by atoms with Crippen LogP contribution in [0.25, 0.3) is 0 Å². The predicted octanol–water partition coefficient (Wildman–Crippen LogP) is 4.25. The van der Waals surface area contributed by atoms with Gasteiger partial charge in [-0.05, 0) is 57.1 Å². The summed E-state index contributed by atoms with van der Waals surface area (Å²) in [5.41, 5.74) is 6.35. The molecule has 18 heavy (non-hydrogen) atoms. The van der Waals surface area contributed by atoms with Crippen molar-refractivity contribution >= 4 is 0 Å². The average molecular weight is 248 g/mol. The first kappa shape index (κ1) is 13.5. The molecule has 0 radical (unpaired) electrons. The Labute approximate surface area is 112 Å². The first-order valence-electron chi connectivity index (χ1n) is 7.49. The summed E-state index contributed by atoms with van der Waals surface area (Å²) in [4.78, 5) is 0. The van der Waals surface area contributed by atoms with Crippen molar-refractivity contribution in [3.63, 3.8) is 0 Å². The number of nitrogens with one attached hydrogen (secondary N) is 1. The van der Waals surface area contributed by atoms with Gasteiger partial charge in [-0.2, -0.15) is 0 Å². The van der Waals surface area contributed by atoms with E-state index in [0.29, 0.717) is 6.04 Å². The number of hydrogen-bond acceptors (Lipinski definition) is 1. The highest BCUT2D eigenvalue weighted by molar-refractivity contribution is 5.15. The van der Waals surface area contributed by atoms with E-state index in [4.69, 9.17) is 0 Å². The lowest BCUT2D eigenvalue weighted by molar-refractivity contribution is 0.341. The van der Waals surface area contributed by atoms with Crippen molar-refractivity contribution in [2.24, 2.45) is 11.8 Å². The molecule has 2 atom stereocenters. The van der Waals surface area contributed by atoms with Crippen molar-refractivity contribution in [2.45, 2.75) is 65.8 Å². The summed E-state index contributed by atoms with van der Waals surface area (Å²) in [7, 11) is 0. The Hall–Kier alpha value is -0.920. The maximum atomic E-state index is 3.71. The van der Waals surface area contributed by atoms with E-state index < -0.39 is 0 Å². The molecule has 1 aromatic heterocycles. The summed E-state index contributed by atoms with van der Waals surface area (Å²) in [6.45, 7) is 9.10. The van der Waals surface area contributed by atoms with Gasteiger partial charge in [0.05, 0.1) is 0 Å². The van der Waals surface area contributed by atoms with Gasteiger partial charge in [0.15, 0.2) is 0 Å². The molecule has 2 unspecified atom stereocenters. The third-order valence-corrected chi connectivity index (χ3v) is 4.54. The summed E-state index contributed by atoms with van der Waals surface area (Å²) < 4.78 is 2.26. The topological polar surface area (TPSA) is 17.0 Å². The van der Waals surface area contributed by atoms with Crippen LogP contribution in [0.15, 0.2) is 12.1 Å². The van der Waals surface area contributed by atoms with Gasteiger partial charge >= 0.3 is 0 Å². The molecule has 1 aromatic rings. The standard InChI is InChI=1S/C16H28N2/c1-12(2)15-6-5-7-16(11-10-15)17-18-13(3)8-9-14(18)4/h8-9,12,15-17H,5-7,10-11H2,1-4H3. The Balaban J connectivity index is 1.95. The van der Waals surface area contributed by atoms with Crippen LogP contribution in [0, 0.1) is 25.7 Å². The SMILES string of the molecule is Cc1ccc(C)n1NC1CCCC(C(C)C)CC1. The lowest BCUT2D eigenvalue weighted by Gasteiger charge is -2.22. The molecular formula is C16H28N2. The van der Waals surface area contributed by atoms with Gasteiger partial charge < -0.3 is 5.43 Å². The fourth-order valence-electron chi connectivity index (χ4n) is 3.18. The molecule has 0 bridgehead atoms. The van der Waals surface area contributed by atoms with Crippen molar-refractivity contribution in [3.8, 4) is 0 Å². The molecule has 2 rings (SSSR count). The maximum absolute atomic E-state index is 3.71.